The molecule has 0 aliphatic carbocycles. The highest BCUT2D eigenvalue weighted by molar-refractivity contribution is 7.46. The molecule has 0 fully saturated rings. The molecule has 0 spiro atoms. The van der Waals surface area contributed by atoms with Crippen LogP contribution in [0.4, 0.5) is 0 Å². The summed E-state index contributed by atoms with van der Waals surface area (Å²) in [6, 6.07) is 4.39. The number of hydrogen-bond donors (Lipinski definition) is 0. The Hall–Kier alpha value is -0.310. The van der Waals surface area contributed by atoms with E-state index in [9.17, 15) is 0 Å². The molecule has 1 aromatic heterocycles. The minimum absolute atomic E-state index is 0.919. The van der Waals surface area contributed by atoms with E-state index in [-0.39, 0.29) is 0 Å². The molecule has 0 saturated carbocycles. The smallest absolute Gasteiger partial charge is 0.00860 e. The molecule has 2 rings (SSSR count). The van der Waals surface area contributed by atoms with E-state index in [1.54, 1.807) is 0 Å². The first-order valence-corrected chi connectivity index (χ1v) is 5.47. The highest BCUT2D eigenvalue weighted by Gasteiger charge is 2.00. The average molecular weight is 166 g/mol. The van der Waals surface area contributed by atoms with E-state index in [4.69, 9.17) is 0 Å². The maximum Gasteiger partial charge on any atom is 0.00860 e. The Morgan fingerprint density at radius 3 is 3.10 bits per heavy atom. The Kier molecular flexibility index (Phi) is 1.76. The molecule has 0 N–H and O–H groups in total. The lowest BCUT2D eigenvalue weighted by Crippen LogP contribution is -1.82. The monoisotopic (exact) mass is 166 g/mol. The Morgan fingerprint density at radius 1 is 1.50 bits per heavy atom. The summed E-state index contributed by atoms with van der Waals surface area (Å²) in [4.78, 5) is 0. The molecule has 2 heterocycles. The van der Waals surface area contributed by atoms with Crippen LogP contribution in [-0.4, -0.2) is 11.5 Å². The van der Waals surface area contributed by atoms with Gasteiger partial charge in [0.1, 0.15) is 0 Å². The van der Waals surface area contributed by atoms with Crippen LogP contribution in [0, 0.1) is 0 Å². The second-order valence-corrected chi connectivity index (χ2v) is 4.54. The first kappa shape index (κ1) is 6.40. The molecule has 0 aromatic carbocycles. The second-order valence-electron chi connectivity index (χ2n) is 2.21. The second kappa shape index (κ2) is 2.74. The molecule has 1 atom stereocenters. The predicted molar refractivity (Wildman–Crippen MR) is 51.0 cm³/mol. The lowest BCUT2D eigenvalue weighted by Gasteiger charge is -1.90. The van der Waals surface area contributed by atoms with Gasteiger partial charge in [0, 0.05) is 16.8 Å². The molecule has 1 aromatic rings. The fraction of sp³-hybridized carbons (Fsp3) is 0.125. The normalized spacial score (nSPS) is 18.2. The summed E-state index contributed by atoms with van der Waals surface area (Å²) >= 11 is 0. The molecule has 50 valence electrons. The van der Waals surface area contributed by atoms with Gasteiger partial charge in [0.25, 0.3) is 0 Å². The molecule has 1 unspecified atom stereocenters. The van der Waals surface area contributed by atoms with E-state index in [2.05, 4.69) is 30.1 Å². The van der Waals surface area contributed by atoms with Crippen molar-refractivity contribution in [1.29, 1.82) is 0 Å². The van der Waals surface area contributed by atoms with E-state index >= 15 is 0 Å². The van der Waals surface area contributed by atoms with Crippen LogP contribution in [0.15, 0.2) is 30.1 Å². The molecule has 2 heteroatoms. The van der Waals surface area contributed by atoms with Crippen molar-refractivity contribution in [3.63, 3.8) is 0 Å². The standard InChI is InChI=1S/C8H8P2/c1-3-7(9-5-1)8-4-2-6-10-8/h1-5,9H,6H2. The van der Waals surface area contributed by atoms with Crippen LogP contribution in [0.5, 0.6) is 0 Å². The molecule has 0 nitrogen and oxygen atoms in total. The van der Waals surface area contributed by atoms with Gasteiger partial charge < -0.3 is 0 Å². The molecule has 1 aliphatic rings. The molecule has 0 amide bonds. The van der Waals surface area contributed by atoms with Gasteiger partial charge in [0.15, 0.2) is 0 Å². The minimum atomic E-state index is 0.919. The summed E-state index contributed by atoms with van der Waals surface area (Å²) in [6.07, 6.45) is 5.73. The third kappa shape index (κ3) is 1.10. The highest BCUT2D eigenvalue weighted by Crippen LogP contribution is 2.23. The summed E-state index contributed by atoms with van der Waals surface area (Å²) < 4.78 is 0. The van der Waals surface area contributed by atoms with Crippen molar-refractivity contribution in [2.75, 3.05) is 6.16 Å². The first-order valence-electron chi connectivity index (χ1n) is 3.31. The first-order chi connectivity index (χ1) is 4.97. The van der Waals surface area contributed by atoms with Gasteiger partial charge in [-0.3, -0.25) is 0 Å². The average Bonchev–Trinajstić information content (AvgIpc) is 2.59. The van der Waals surface area contributed by atoms with Gasteiger partial charge in [-0.15, -0.1) is 8.19 Å². The zero-order chi connectivity index (χ0) is 6.81. The van der Waals surface area contributed by atoms with E-state index in [1.165, 1.54) is 25.0 Å². The maximum absolute atomic E-state index is 2.26. The molecule has 0 bridgehead atoms. The van der Waals surface area contributed by atoms with Crippen molar-refractivity contribution in [1.82, 2.24) is 0 Å². The lowest BCUT2D eigenvalue weighted by molar-refractivity contribution is 1.82. The van der Waals surface area contributed by atoms with Gasteiger partial charge in [-0.05, 0) is 11.9 Å². The topological polar surface area (TPSA) is 0 Å². The van der Waals surface area contributed by atoms with Crippen molar-refractivity contribution in [3.05, 3.63) is 35.4 Å². The molecular weight excluding hydrogens is 158 g/mol. The summed E-state index contributed by atoms with van der Waals surface area (Å²) in [5.74, 6) is 2.24. The van der Waals surface area contributed by atoms with E-state index in [0.717, 1.165) is 8.19 Å². The summed E-state index contributed by atoms with van der Waals surface area (Å²) in [5, 5.41) is 3.07. The van der Waals surface area contributed by atoms with Gasteiger partial charge in [-0.25, -0.2) is 0 Å². The summed E-state index contributed by atoms with van der Waals surface area (Å²) in [5.41, 5.74) is 0. The van der Waals surface area contributed by atoms with Crippen molar-refractivity contribution in [3.8, 4) is 0 Å². The van der Waals surface area contributed by atoms with Crippen molar-refractivity contribution in [2.24, 2.45) is 0 Å². The quantitative estimate of drug-likeness (QED) is 0.562. The fourth-order valence-electron chi connectivity index (χ4n) is 1.03. The zero-order valence-corrected chi connectivity index (χ0v) is 7.44. The Labute approximate surface area is 63.9 Å². The van der Waals surface area contributed by atoms with Gasteiger partial charge in [0.05, 0.1) is 0 Å². The summed E-state index contributed by atoms with van der Waals surface area (Å²) in [7, 11) is 2.41. The molecular formula is C8H8P2. The lowest BCUT2D eigenvalue weighted by atomic mass is 10.3. The summed E-state index contributed by atoms with van der Waals surface area (Å²) in [6.45, 7) is 0. The van der Waals surface area contributed by atoms with E-state index in [0.29, 0.717) is 0 Å². The van der Waals surface area contributed by atoms with Crippen LogP contribution in [0.2, 0.25) is 0 Å². The van der Waals surface area contributed by atoms with E-state index < -0.39 is 0 Å². The van der Waals surface area contributed by atoms with Crippen LogP contribution < -0.4 is 0 Å². The third-order valence-electron chi connectivity index (χ3n) is 1.52. The van der Waals surface area contributed by atoms with Crippen molar-refractivity contribution in [2.45, 2.75) is 0 Å². The number of hydrogen-bond acceptors (Lipinski definition) is 0. The van der Waals surface area contributed by atoms with Crippen LogP contribution in [0.1, 0.15) is 5.30 Å². The van der Waals surface area contributed by atoms with Crippen LogP contribution in [-0.2, 0) is 0 Å². The largest absolute Gasteiger partial charge is 0.131 e. The van der Waals surface area contributed by atoms with E-state index in [1.807, 2.05) is 0 Å². The van der Waals surface area contributed by atoms with Crippen molar-refractivity contribution < 1.29 is 0 Å². The van der Waals surface area contributed by atoms with Gasteiger partial charge >= 0.3 is 0 Å². The Morgan fingerprint density at radius 2 is 2.50 bits per heavy atom. The van der Waals surface area contributed by atoms with Crippen LogP contribution in [0.3, 0.4) is 0 Å². The zero-order valence-electron chi connectivity index (χ0n) is 5.54. The molecule has 0 radical (unpaired) electrons. The molecule has 10 heavy (non-hydrogen) atoms. The fourth-order valence-corrected chi connectivity index (χ4v) is 3.12. The predicted octanol–water partition coefficient (Wildman–Crippen LogP) is 2.75. The maximum atomic E-state index is 2.26. The SMILES string of the molecule is C1=CC(c2ccc[pH]2)=PC1. The Bertz CT molecular complexity index is 267. The van der Waals surface area contributed by atoms with Crippen molar-refractivity contribution >= 4 is 21.7 Å². The highest BCUT2D eigenvalue weighted by atomic mass is 31.1. The van der Waals surface area contributed by atoms with Gasteiger partial charge in [0.2, 0.25) is 0 Å². The molecule has 0 saturated heterocycles. The number of allylic oxidation sites excluding steroid dienone is 2. The van der Waals surface area contributed by atoms with Gasteiger partial charge in [-0.2, -0.15) is 0 Å². The third-order valence-corrected chi connectivity index (χ3v) is 3.96. The Balaban J connectivity index is 2.36. The molecule has 1 aliphatic heterocycles. The number of rotatable bonds is 1. The van der Waals surface area contributed by atoms with Crippen LogP contribution in [0.25, 0.3) is 0 Å². The van der Waals surface area contributed by atoms with Gasteiger partial charge in [-0.1, -0.05) is 26.4 Å². The minimum Gasteiger partial charge on any atom is -0.131 e. The van der Waals surface area contributed by atoms with Crippen LogP contribution >= 0.6 is 16.4 Å².